The standard InChI is InChI=1S/C15H21BrN2O2/c16-13-8-12(9-14-15(13)20-11-19-14)10-17-4-3-7-18-5-1-2-6-18/h8-9,17H,1-7,10-11H2. The van der Waals surface area contributed by atoms with E-state index in [9.17, 15) is 0 Å². The van der Waals surface area contributed by atoms with Gasteiger partial charge in [-0.15, -0.1) is 0 Å². The molecule has 0 unspecified atom stereocenters. The van der Waals surface area contributed by atoms with Gasteiger partial charge in [-0.3, -0.25) is 0 Å². The number of rotatable bonds is 6. The van der Waals surface area contributed by atoms with Gasteiger partial charge < -0.3 is 19.7 Å². The summed E-state index contributed by atoms with van der Waals surface area (Å²) >= 11 is 3.53. The van der Waals surface area contributed by atoms with Gasteiger partial charge in [-0.05, 0) is 79.1 Å². The number of likely N-dealkylation sites (tertiary alicyclic amines) is 1. The van der Waals surface area contributed by atoms with Gasteiger partial charge in [-0.2, -0.15) is 0 Å². The zero-order valence-electron chi connectivity index (χ0n) is 11.7. The van der Waals surface area contributed by atoms with Crippen molar-refractivity contribution in [2.24, 2.45) is 0 Å². The first-order valence-electron chi connectivity index (χ1n) is 7.34. The average molecular weight is 341 g/mol. The van der Waals surface area contributed by atoms with E-state index in [-0.39, 0.29) is 0 Å². The van der Waals surface area contributed by atoms with Crippen LogP contribution in [0.4, 0.5) is 0 Å². The number of hydrogen-bond acceptors (Lipinski definition) is 4. The zero-order valence-corrected chi connectivity index (χ0v) is 13.2. The van der Waals surface area contributed by atoms with Crippen LogP contribution >= 0.6 is 15.9 Å². The highest BCUT2D eigenvalue weighted by atomic mass is 79.9. The minimum atomic E-state index is 0.320. The molecule has 3 rings (SSSR count). The largest absolute Gasteiger partial charge is 0.454 e. The Morgan fingerprint density at radius 1 is 1.20 bits per heavy atom. The molecule has 0 aromatic heterocycles. The van der Waals surface area contributed by atoms with Crippen LogP contribution in [-0.4, -0.2) is 37.9 Å². The zero-order chi connectivity index (χ0) is 13.8. The van der Waals surface area contributed by atoms with E-state index in [0.717, 1.165) is 29.1 Å². The summed E-state index contributed by atoms with van der Waals surface area (Å²) < 4.78 is 11.8. The molecule has 1 aromatic rings. The number of fused-ring (bicyclic) bond motifs is 1. The molecule has 4 nitrogen and oxygen atoms in total. The molecule has 1 aromatic carbocycles. The highest BCUT2D eigenvalue weighted by Gasteiger charge is 2.17. The normalized spacial score (nSPS) is 17.9. The first-order chi connectivity index (χ1) is 9.83. The first kappa shape index (κ1) is 14.2. The lowest BCUT2D eigenvalue weighted by Crippen LogP contribution is -2.24. The predicted octanol–water partition coefficient (Wildman–Crippen LogP) is 2.75. The Labute approximate surface area is 128 Å². The molecule has 2 heterocycles. The van der Waals surface area contributed by atoms with E-state index < -0.39 is 0 Å². The molecule has 1 N–H and O–H groups in total. The summed E-state index contributed by atoms with van der Waals surface area (Å²) in [4.78, 5) is 2.55. The fourth-order valence-corrected chi connectivity index (χ4v) is 3.39. The minimum Gasteiger partial charge on any atom is -0.454 e. The van der Waals surface area contributed by atoms with Crippen LogP contribution in [0.3, 0.4) is 0 Å². The van der Waals surface area contributed by atoms with Crippen LogP contribution < -0.4 is 14.8 Å². The maximum Gasteiger partial charge on any atom is 0.231 e. The molecule has 0 radical (unpaired) electrons. The second-order valence-corrected chi connectivity index (χ2v) is 6.24. The molecule has 0 atom stereocenters. The summed E-state index contributed by atoms with van der Waals surface area (Å²) in [6.07, 6.45) is 3.96. The van der Waals surface area contributed by atoms with E-state index in [4.69, 9.17) is 9.47 Å². The van der Waals surface area contributed by atoms with E-state index in [0.29, 0.717) is 6.79 Å². The number of nitrogens with one attached hydrogen (secondary N) is 1. The summed E-state index contributed by atoms with van der Waals surface area (Å²) in [5.74, 6) is 1.66. The molecule has 110 valence electrons. The summed E-state index contributed by atoms with van der Waals surface area (Å²) in [7, 11) is 0. The molecule has 20 heavy (non-hydrogen) atoms. The van der Waals surface area contributed by atoms with Crippen LogP contribution in [0.2, 0.25) is 0 Å². The second kappa shape index (κ2) is 6.78. The van der Waals surface area contributed by atoms with E-state index in [2.05, 4.69) is 38.3 Å². The number of halogens is 1. The van der Waals surface area contributed by atoms with E-state index in [1.165, 1.54) is 44.5 Å². The van der Waals surface area contributed by atoms with Crippen LogP contribution in [0.15, 0.2) is 16.6 Å². The van der Waals surface area contributed by atoms with E-state index in [1.54, 1.807) is 0 Å². The monoisotopic (exact) mass is 340 g/mol. The van der Waals surface area contributed by atoms with Crippen LogP contribution in [0.1, 0.15) is 24.8 Å². The smallest absolute Gasteiger partial charge is 0.231 e. The molecule has 0 bridgehead atoms. The van der Waals surface area contributed by atoms with Gasteiger partial charge >= 0.3 is 0 Å². The third-order valence-corrected chi connectivity index (χ3v) is 4.43. The van der Waals surface area contributed by atoms with Crippen molar-refractivity contribution in [3.05, 3.63) is 22.2 Å². The van der Waals surface area contributed by atoms with Crippen LogP contribution in [0.25, 0.3) is 0 Å². The molecule has 0 spiro atoms. The summed E-state index contributed by atoms with van der Waals surface area (Å²) in [6.45, 7) is 6.04. The predicted molar refractivity (Wildman–Crippen MR) is 82.3 cm³/mol. The van der Waals surface area contributed by atoms with Crippen molar-refractivity contribution >= 4 is 15.9 Å². The van der Waals surface area contributed by atoms with Crippen molar-refractivity contribution in [3.8, 4) is 11.5 Å². The topological polar surface area (TPSA) is 33.7 Å². The Hall–Kier alpha value is -0.780. The molecule has 0 amide bonds. The molecule has 2 aliphatic heterocycles. The third kappa shape index (κ3) is 3.45. The van der Waals surface area contributed by atoms with E-state index in [1.807, 2.05) is 0 Å². The van der Waals surface area contributed by atoms with Crippen molar-refractivity contribution in [3.63, 3.8) is 0 Å². The Morgan fingerprint density at radius 2 is 2.05 bits per heavy atom. The number of ether oxygens (including phenoxy) is 2. The first-order valence-corrected chi connectivity index (χ1v) is 8.13. The molecule has 5 heteroatoms. The van der Waals surface area contributed by atoms with Gasteiger partial charge in [0.05, 0.1) is 4.47 Å². The van der Waals surface area contributed by atoms with Gasteiger partial charge in [0.25, 0.3) is 0 Å². The summed E-state index contributed by atoms with van der Waals surface area (Å²) in [6, 6.07) is 4.15. The highest BCUT2D eigenvalue weighted by Crippen LogP contribution is 2.39. The molecule has 1 fully saturated rings. The third-order valence-electron chi connectivity index (χ3n) is 3.84. The van der Waals surface area contributed by atoms with Crippen molar-refractivity contribution in [2.45, 2.75) is 25.8 Å². The maximum atomic E-state index is 5.43. The van der Waals surface area contributed by atoms with Crippen LogP contribution in [-0.2, 0) is 6.54 Å². The highest BCUT2D eigenvalue weighted by molar-refractivity contribution is 9.10. The Balaban J connectivity index is 1.41. The van der Waals surface area contributed by atoms with Crippen molar-refractivity contribution in [1.82, 2.24) is 10.2 Å². The molecule has 0 aliphatic carbocycles. The van der Waals surface area contributed by atoms with Gasteiger partial charge in [-0.25, -0.2) is 0 Å². The lowest BCUT2D eigenvalue weighted by atomic mass is 10.2. The molecule has 0 saturated carbocycles. The van der Waals surface area contributed by atoms with Crippen LogP contribution in [0, 0.1) is 0 Å². The number of hydrogen-bond donors (Lipinski definition) is 1. The molecular formula is C15H21BrN2O2. The number of nitrogens with zero attached hydrogens (tertiary/aromatic N) is 1. The van der Waals surface area contributed by atoms with Gasteiger partial charge in [-0.1, -0.05) is 0 Å². The van der Waals surface area contributed by atoms with Crippen molar-refractivity contribution in [1.29, 1.82) is 0 Å². The lowest BCUT2D eigenvalue weighted by Gasteiger charge is -2.14. The Morgan fingerprint density at radius 3 is 2.90 bits per heavy atom. The fraction of sp³-hybridized carbons (Fsp3) is 0.600. The average Bonchev–Trinajstić information content (AvgIpc) is 3.08. The fourth-order valence-electron chi connectivity index (χ4n) is 2.79. The molecular weight excluding hydrogens is 320 g/mol. The molecule has 1 saturated heterocycles. The maximum absolute atomic E-state index is 5.43. The lowest BCUT2D eigenvalue weighted by molar-refractivity contribution is 0.173. The van der Waals surface area contributed by atoms with Gasteiger partial charge in [0.1, 0.15) is 0 Å². The summed E-state index contributed by atoms with van der Waals surface area (Å²) in [5.41, 5.74) is 1.22. The SMILES string of the molecule is Brc1cc(CNCCCN2CCCC2)cc2c1OCO2. The van der Waals surface area contributed by atoms with Gasteiger partial charge in [0.2, 0.25) is 6.79 Å². The summed E-state index contributed by atoms with van der Waals surface area (Å²) in [5, 5.41) is 3.50. The van der Waals surface area contributed by atoms with Crippen molar-refractivity contribution in [2.75, 3.05) is 33.0 Å². The number of benzene rings is 1. The van der Waals surface area contributed by atoms with Crippen LogP contribution in [0.5, 0.6) is 11.5 Å². The van der Waals surface area contributed by atoms with E-state index >= 15 is 0 Å². The molecule has 2 aliphatic rings. The Bertz CT molecular complexity index is 461. The van der Waals surface area contributed by atoms with Crippen molar-refractivity contribution < 1.29 is 9.47 Å². The quantitative estimate of drug-likeness (QED) is 0.807. The Kier molecular flexibility index (Phi) is 4.81. The van der Waals surface area contributed by atoms with Gasteiger partial charge in [0.15, 0.2) is 11.5 Å². The second-order valence-electron chi connectivity index (χ2n) is 5.39. The minimum absolute atomic E-state index is 0.320. The van der Waals surface area contributed by atoms with Gasteiger partial charge in [0, 0.05) is 6.54 Å².